The van der Waals surface area contributed by atoms with Gasteiger partial charge in [-0.05, 0) is 35.6 Å². The first-order valence-electron chi connectivity index (χ1n) is 6.09. The van der Waals surface area contributed by atoms with Crippen molar-refractivity contribution in [1.29, 1.82) is 0 Å². The first kappa shape index (κ1) is 15.8. The van der Waals surface area contributed by atoms with Crippen LogP contribution in [0.1, 0.15) is 44.9 Å². The monoisotopic (exact) mass is 276 g/mol. The van der Waals surface area contributed by atoms with Crippen molar-refractivity contribution < 1.29 is 23.0 Å². The first-order valence-corrected chi connectivity index (χ1v) is 6.09. The summed E-state index contributed by atoms with van der Waals surface area (Å²) in [7, 11) is 0. The van der Waals surface area contributed by atoms with Crippen molar-refractivity contribution in [3.63, 3.8) is 0 Å². The molecule has 5 heteroatoms. The lowest BCUT2D eigenvalue weighted by atomic mass is 9.84. The van der Waals surface area contributed by atoms with Crippen molar-refractivity contribution in [3.05, 3.63) is 29.3 Å². The Morgan fingerprint density at radius 1 is 1.21 bits per heavy atom. The van der Waals surface area contributed by atoms with Crippen LogP contribution in [0.4, 0.5) is 13.2 Å². The third kappa shape index (κ3) is 3.86. The van der Waals surface area contributed by atoms with E-state index in [1.807, 2.05) is 27.7 Å². The molecule has 0 heterocycles. The number of aliphatic hydroxyl groups is 1. The maximum Gasteiger partial charge on any atom is 0.418 e. The maximum atomic E-state index is 12.5. The summed E-state index contributed by atoms with van der Waals surface area (Å²) in [5, 5.41) is 9.30. The molecule has 2 nitrogen and oxygen atoms in total. The van der Waals surface area contributed by atoms with Gasteiger partial charge in [-0.2, -0.15) is 13.2 Å². The Hall–Kier alpha value is -1.23. The molecule has 0 saturated carbocycles. The fourth-order valence-electron chi connectivity index (χ4n) is 1.77. The molecule has 0 amide bonds. The minimum Gasteiger partial charge on any atom is -0.494 e. The second kappa shape index (κ2) is 5.41. The molecule has 108 valence electrons. The Bertz CT molecular complexity index is 433. The molecular formula is C14H19F3O2. The molecule has 0 spiro atoms. The van der Waals surface area contributed by atoms with E-state index in [4.69, 9.17) is 4.74 Å². The van der Waals surface area contributed by atoms with Gasteiger partial charge in [0.05, 0.1) is 6.61 Å². The van der Waals surface area contributed by atoms with Crippen molar-refractivity contribution >= 4 is 0 Å². The van der Waals surface area contributed by atoms with E-state index in [1.54, 1.807) is 0 Å². The molecule has 0 aliphatic rings. The van der Waals surface area contributed by atoms with Crippen LogP contribution in [0.2, 0.25) is 0 Å². The van der Waals surface area contributed by atoms with Crippen LogP contribution in [0.3, 0.4) is 0 Å². The topological polar surface area (TPSA) is 29.5 Å². The second-order valence-corrected chi connectivity index (χ2v) is 5.38. The Balaban J connectivity index is 3.26. The molecule has 1 N–H and O–H groups in total. The molecule has 0 bridgehead atoms. The van der Waals surface area contributed by atoms with E-state index in [1.165, 1.54) is 18.2 Å². The van der Waals surface area contributed by atoms with Crippen molar-refractivity contribution in [1.82, 2.24) is 0 Å². The van der Waals surface area contributed by atoms with Crippen LogP contribution in [-0.2, 0) is 5.41 Å². The Morgan fingerprint density at radius 2 is 1.79 bits per heavy atom. The molecule has 1 rings (SSSR count). The molecule has 0 aliphatic carbocycles. The number of ether oxygens (including phenoxy) is 1. The average Bonchev–Trinajstić information content (AvgIpc) is 2.26. The minimum atomic E-state index is -4.66. The van der Waals surface area contributed by atoms with Crippen molar-refractivity contribution in [2.45, 2.75) is 45.4 Å². The molecule has 1 aromatic rings. The van der Waals surface area contributed by atoms with E-state index in [0.29, 0.717) is 17.9 Å². The highest BCUT2D eigenvalue weighted by Crippen LogP contribution is 2.38. The molecule has 0 fully saturated rings. The third-order valence-corrected chi connectivity index (χ3v) is 2.74. The predicted octanol–water partition coefficient (Wildman–Crippen LogP) is 3.98. The quantitative estimate of drug-likeness (QED) is 0.905. The highest BCUT2D eigenvalue weighted by atomic mass is 19.4. The van der Waals surface area contributed by atoms with E-state index in [-0.39, 0.29) is 11.0 Å². The normalized spacial score (nSPS) is 14.3. The van der Waals surface area contributed by atoms with Crippen LogP contribution in [0.5, 0.6) is 5.75 Å². The lowest BCUT2D eigenvalue weighted by Crippen LogP contribution is -2.21. The highest BCUT2D eigenvalue weighted by Gasteiger charge is 2.39. The Morgan fingerprint density at radius 3 is 2.21 bits per heavy atom. The number of benzene rings is 1. The fraction of sp³-hybridized carbons (Fsp3) is 0.571. The molecular weight excluding hydrogens is 257 g/mol. The van der Waals surface area contributed by atoms with Gasteiger partial charge in [0.15, 0.2) is 6.10 Å². The zero-order valence-corrected chi connectivity index (χ0v) is 11.5. The van der Waals surface area contributed by atoms with Gasteiger partial charge in [-0.1, -0.05) is 26.8 Å². The molecule has 0 saturated heterocycles. The summed E-state index contributed by atoms with van der Waals surface area (Å²) in [6.07, 6.45) is -7.13. The molecule has 19 heavy (non-hydrogen) atoms. The summed E-state index contributed by atoms with van der Waals surface area (Å²) >= 11 is 0. The SMILES string of the molecule is CCOc1ccc(C(O)C(F)(F)F)cc1C(C)(C)C. The van der Waals surface area contributed by atoms with Crippen LogP contribution >= 0.6 is 0 Å². The fourth-order valence-corrected chi connectivity index (χ4v) is 1.77. The third-order valence-electron chi connectivity index (χ3n) is 2.74. The van der Waals surface area contributed by atoms with Gasteiger partial charge in [0.2, 0.25) is 0 Å². The number of aliphatic hydroxyl groups excluding tert-OH is 1. The van der Waals surface area contributed by atoms with Gasteiger partial charge >= 0.3 is 6.18 Å². The standard InChI is InChI=1S/C14H19F3O2/c1-5-19-11-7-6-9(12(18)14(15,16)17)8-10(11)13(2,3)4/h6-8,12,18H,5H2,1-4H3. The summed E-state index contributed by atoms with van der Waals surface area (Å²) in [5.74, 6) is 0.549. The number of rotatable bonds is 3. The Kier molecular flexibility index (Phi) is 4.50. The van der Waals surface area contributed by atoms with Crippen molar-refractivity contribution in [2.24, 2.45) is 0 Å². The smallest absolute Gasteiger partial charge is 0.418 e. The molecule has 0 aromatic heterocycles. The lowest BCUT2D eigenvalue weighted by molar-refractivity contribution is -0.206. The van der Waals surface area contributed by atoms with Crippen molar-refractivity contribution in [2.75, 3.05) is 6.61 Å². The number of hydrogen-bond donors (Lipinski definition) is 1. The van der Waals surface area contributed by atoms with Gasteiger partial charge in [0, 0.05) is 0 Å². The van der Waals surface area contributed by atoms with E-state index in [0.717, 1.165) is 0 Å². The van der Waals surface area contributed by atoms with E-state index < -0.39 is 12.3 Å². The molecule has 1 atom stereocenters. The van der Waals surface area contributed by atoms with Crippen LogP contribution in [0.15, 0.2) is 18.2 Å². The van der Waals surface area contributed by atoms with Crippen molar-refractivity contribution in [3.8, 4) is 5.75 Å². The summed E-state index contributed by atoms with van der Waals surface area (Å²) in [5.41, 5.74) is 0.113. The summed E-state index contributed by atoms with van der Waals surface area (Å²) < 4.78 is 43.0. The van der Waals surface area contributed by atoms with Crippen LogP contribution in [-0.4, -0.2) is 17.9 Å². The van der Waals surface area contributed by atoms with Gasteiger partial charge in [-0.25, -0.2) is 0 Å². The van der Waals surface area contributed by atoms with Crippen LogP contribution < -0.4 is 4.74 Å². The highest BCUT2D eigenvalue weighted by molar-refractivity contribution is 5.42. The number of alkyl halides is 3. The Labute approximate surface area is 111 Å². The van der Waals surface area contributed by atoms with Gasteiger partial charge in [0.1, 0.15) is 5.75 Å². The van der Waals surface area contributed by atoms with Gasteiger partial charge in [0.25, 0.3) is 0 Å². The van der Waals surface area contributed by atoms with E-state index in [2.05, 4.69) is 0 Å². The number of halogens is 3. The molecule has 1 aromatic carbocycles. The zero-order valence-electron chi connectivity index (χ0n) is 11.5. The summed E-state index contributed by atoms with van der Waals surface area (Å²) in [4.78, 5) is 0. The summed E-state index contributed by atoms with van der Waals surface area (Å²) in [6, 6.07) is 4.09. The molecule has 0 radical (unpaired) electrons. The van der Waals surface area contributed by atoms with Crippen LogP contribution in [0, 0.1) is 0 Å². The predicted molar refractivity (Wildman–Crippen MR) is 67.3 cm³/mol. The minimum absolute atomic E-state index is 0.166. The van der Waals surface area contributed by atoms with Gasteiger partial charge in [-0.3, -0.25) is 0 Å². The van der Waals surface area contributed by atoms with Crippen LogP contribution in [0.25, 0.3) is 0 Å². The number of hydrogen-bond acceptors (Lipinski definition) is 2. The largest absolute Gasteiger partial charge is 0.494 e. The second-order valence-electron chi connectivity index (χ2n) is 5.38. The first-order chi connectivity index (χ1) is 8.57. The van der Waals surface area contributed by atoms with Gasteiger partial charge < -0.3 is 9.84 Å². The van der Waals surface area contributed by atoms with E-state index in [9.17, 15) is 18.3 Å². The summed E-state index contributed by atoms with van der Waals surface area (Å²) in [6.45, 7) is 7.90. The average molecular weight is 276 g/mol. The lowest BCUT2D eigenvalue weighted by Gasteiger charge is -2.25. The molecule has 0 aliphatic heterocycles. The molecule has 1 unspecified atom stereocenters. The van der Waals surface area contributed by atoms with Gasteiger partial charge in [-0.15, -0.1) is 0 Å². The van der Waals surface area contributed by atoms with E-state index >= 15 is 0 Å². The maximum absolute atomic E-state index is 12.5. The zero-order chi connectivity index (χ0) is 14.8.